The maximum atomic E-state index is 12.9. The Labute approximate surface area is 445 Å². The van der Waals surface area contributed by atoms with Crippen LogP contribution in [0.3, 0.4) is 0 Å². The summed E-state index contributed by atoms with van der Waals surface area (Å²) in [4.78, 5) is 30.9. The molecule has 0 aliphatic heterocycles. The number of quaternary nitrogens is 1. The largest absolute Gasteiger partial charge is 0.756 e. The average molecular weight is 1230 g/mol. The number of rotatable bonds is 44. The number of likely N-dealkylation sites (N-methyl/N-ethyl adjacent to an activating group) is 1. The fourth-order valence-corrected chi connectivity index (χ4v) is 7.95. The Kier molecular flexibility index (Phi) is 36.1. The van der Waals surface area contributed by atoms with Gasteiger partial charge in [0.15, 0.2) is 6.10 Å². The van der Waals surface area contributed by atoms with E-state index in [-0.39, 0.29) is 32.0 Å². The lowest BCUT2D eigenvalue weighted by Gasteiger charge is -2.42. The van der Waals surface area contributed by atoms with Gasteiger partial charge >= 0.3 is 58.5 Å². The van der Waals surface area contributed by atoms with E-state index < -0.39 is 73.0 Å². The molecule has 9 nitrogen and oxygen atoms in total. The number of nitrogens with zero attached hydrogens (tertiary/aromatic N) is 1. The Morgan fingerprint density at radius 3 is 1.08 bits per heavy atom. The van der Waals surface area contributed by atoms with E-state index in [4.69, 9.17) is 18.5 Å². The highest BCUT2D eigenvalue weighted by Crippen LogP contribution is 2.64. The van der Waals surface area contributed by atoms with Gasteiger partial charge in [-0.1, -0.05) is 168 Å². The molecule has 0 aromatic rings. The van der Waals surface area contributed by atoms with Crippen molar-refractivity contribution in [2.24, 2.45) is 0 Å². The minimum absolute atomic E-state index is 0.0259. The summed E-state index contributed by atoms with van der Waals surface area (Å²) in [5.41, 5.74) is 0. The van der Waals surface area contributed by atoms with Crippen LogP contribution in [0.25, 0.3) is 0 Å². The number of carbonyl (C=O) groups excluding carboxylic acids is 2. The first-order valence-electron chi connectivity index (χ1n) is 25.9. The Morgan fingerprint density at radius 2 is 0.763 bits per heavy atom. The van der Waals surface area contributed by atoms with E-state index >= 15 is 0 Å². The van der Waals surface area contributed by atoms with E-state index in [0.29, 0.717) is 33.4 Å². The average Bonchev–Trinajstić information content (AvgIpc) is 3.29. The number of unbranched alkanes of at least 4 members (excludes halogenated alkanes) is 24. The molecule has 76 heavy (non-hydrogen) atoms. The van der Waals surface area contributed by atoms with Crippen LogP contribution in [0.5, 0.6) is 0 Å². The number of phosphoric acid groups is 1. The minimum Gasteiger partial charge on any atom is -0.756 e. The molecule has 0 radical (unpaired) electrons. The van der Waals surface area contributed by atoms with Crippen molar-refractivity contribution in [3.8, 4) is 0 Å². The SMILES string of the molecule is CCCCCCCCCCCCCCCC(=O)OCC(COP(=O)([O-])OCC[N+](C)(C)C)OC(=O)CCCCCCCCCCCCCCC.FC(F)(F)C(F)(F)C(F)(F)C(F)(F)C(F)(F)C(F)(F)C(F)(F)C(F)(F)Br. The van der Waals surface area contributed by atoms with Gasteiger partial charge in [0, 0.05) is 12.8 Å². The first-order valence-corrected chi connectivity index (χ1v) is 28.1. The van der Waals surface area contributed by atoms with Crippen LogP contribution >= 0.6 is 23.8 Å². The number of carbonyl (C=O) groups is 2. The topological polar surface area (TPSA) is 111 Å². The number of alkyl halides is 18. The van der Waals surface area contributed by atoms with Crippen molar-refractivity contribution in [1.82, 2.24) is 0 Å². The fraction of sp³-hybridized carbons (Fsp3) is 0.958. The maximum Gasteiger partial charge on any atom is 0.460 e. The second-order valence-corrected chi connectivity index (χ2v) is 22.2. The first-order chi connectivity index (χ1) is 34.7. The lowest BCUT2D eigenvalue weighted by atomic mass is 9.91. The summed E-state index contributed by atoms with van der Waals surface area (Å²) in [6.45, 7) is 4.24. The van der Waals surface area contributed by atoms with Crippen molar-refractivity contribution < 1.29 is 117 Å². The molecule has 2 atom stereocenters. The van der Waals surface area contributed by atoms with Crippen molar-refractivity contribution in [3.05, 3.63) is 0 Å². The van der Waals surface area contributed by atoms with Crippen LogP contribution in [-0.2, 0) is 32.7 Å². The number of halogens is 18. The molecule has 0 aliphatic rings. The Morgan fingerprint density at radius 1 is 0.461 bits per heavy atom. The molecule has 0 rings (SSSR count). The quantitative estimate of drug-likeness (QED) is 0.0148. The van der Waals surface area contributed by atoms with Crippen LogP contribution in [0.4, 0.5) is 74.6 Å². The van der Waals surface area contributed by atoms with Crippen molar-refractivity contribution in [3.63, 3.8) is 0 Å². The molecule has 0 aromatic heterocycles. The molecule has 0 heterocycles. The van der Waals surface area contributed by atoms with E-state index in [1.54, 1.807) is 0 Å². The van der Waals surface area contributed by atoms with Gasteiger partial charge < -0.3 is 27.9 Å². The first kappa shape index (κ1) is 76.4. The van der Waals surface area contributed by atoms with Crippen molar-refractivity contribution >= 4 is 35.7 Å². The van der Waals surface area contributed by atoms with Gasteiger partial charge in [0.2, 0.25) is 0 Å². The fourth-order valence-electron chi connectivity index (χ4n) is 6.98. The van der Waals surface area contributed by atoms with Crippen LogP contribution in [-0.4, -0.2) is 117 Å². The molecule has 28 heteroatoms. The Hall–Kier alpha value is -1.70. The molecule has 456 valence electrons. The van der Waals surface area contributed by atoms with Crippen LogP contribution in [0.2, 0.25) is 0 Å². The molecule has 0 fully saturated rings. The minimum atomic E-state index is -8.58. The standard InChI is InChI=1S/C40H80NO8P.C8BrF17/c1-6-8-10-12-14-16-18-20-22-24-26-28-30-32-39(42)46-36-38(37-48-50(44,45)47-35-34-41(3,4)5)49-40(43)33-31-29-27-25-23-21-19-17-15-13-11-9-7-2;9-7(22,23)5(18,19)3(14,15)1(10,11)2(12,13)4(16,17)6(20,21)8(24,25)26/h38H,6-37H2,1-5H3;. The normalized spacial score (nSPS) is 14.7. The van der Waals surface area contributed by atoms with Crippen molar-refractivity contribution in [2.45, 2.75) is 246 Å². The molecule has 2 unspecified atom stereocenters. The third-order valence-corrected chi connectivity index (χ3v) is 13.3. The lowest BCUT2D eigenvalue weighted by molar-refractivity contribution is -0.870. The maximum absolute atomic E-state index is 12.9. The van der Waals surface area contributed by atoms with E-state index in [1.807, 2.05) is 21.1 Å². The second kappa shape index (κ2) is 35.9. The molecule has 0 bridgehead atoms. The highest BCUT2D eigenvalue weighted by Gasteiger charge is 2.95. The van der Waals surface area contributed by atoms with Gasteiger partial charge in [0.25, 0.3) is 7.82 Å². The van der Waals surface area contributed by atoms with Gasteiger partial charge in [-0.25, -0.2) is 0 Å². The molecule has 0 saturated carbocycles. The third kappa shape index (κ3) is 28.1. The molecule has 0 saturated heterocycles. The summed E-state index contributed by atoms with van der Waals surface area (Å²) < 4.78 is 246. The molecule has 0 amide bonds. The third-order valence-electron chi connectivity index (χ3n) is 11.8. The molecule has 0 spiro atoms. The van der Waals surface area contributed by atoms with Crippen molar-refractivity contribution in [2.75, 3.05) is 47.5 Å². The monoisotopic (exact) mass is 1230 g/mol. The number of hydrogen-bond donors (Lipinski definition) is 0. The van der Waals surface area contributed by atoms with Crippen LogP contribution < -0.4 is 4.89 Å². The summed E-state index contributed by atoms with van der Waals surface area (Å²) in [7, 11) is 1.18. The smallest absolute Gasteiger partial charge is 0.460 e. The van der Waals surface area contributed by atoms with Gasteiger partial charge in [0.1, 0.15) is 19.8 Å². The molecule has 0 aromatic carbocycles. The summed E-state index contributed by atoms with van der Waals surface area (Å²) in [5, 5.41) is 0. The van der Waals surface area contributed by atoms with E-state index in [2.05, 4.69) is 13.8 Å². The summed E-state index contributed by atoms with van der Waals surface area (Å²) in [6, 6.07) is 0. The van der Waals surface area contributed by atoms with Crippen LogP contribution in [0, 0.1) is 0 Å². The number of phosphoric ester groups is 1. The van der Waals surface area contributed by atoms with Gasteiger partial charge in [0.05, 0.1) is 27.7 Å². The molecule has 0 aliphatic carbocycles. The predicted octanol–water partition coefficient (Wildman–Crippen LogP) is 17.0. The number of ether oxygens (including phenoxy) is 2. The Balaban J connectivity index is 0. The van der Waals surface area contributed by atoms with E-state index in [9.17, 15) is 93.7 Å². The molecular weight excluding hydrogens is 1150 g/mol. The predicted molar refractivity (Wildman–Crippen MR) is 253 cm³/mol. The number of hydrogen-bond acceptors (Lipinski definition) is 8. The summed E-state index contributed by atoms with van der Waals surface area (Å²) >= 11 is 0.360. The highest BCUT2D eigenvalue weighted by molar-refractivity contribution is 9.10. The summed E-state index contributed by atoms with van der Waals surface area (Å²) in [6.07, 6.45) is 23.4. The Bertz CT molecular complexity index is 1570. The van der Waals surface area contributed by atoms with Gasteiger partial charge in [-0.2, -0.15) is 74.6 Å². The van der Waals surface area contributed by atoms with Crippen LogP contribution in [0.1, 0.15) is 194 Å². The van der Waals surface area contributed by atoms with Gasteiger partial charge in [-0.15, -0.1) is 0 Å². The van der Waals surface area contributed by atoms with Gasteiger partial charge in [-0.05, 0) is 28.8 Å². The zero-order valence-corrected chi connectivity index (χ0v) is 46.6. The summed E-state index contributed by atoms with van der Waals surface area (Å²) in [5.74, 6) is -50.4. The van der Waals surface area contributed by atoms with E-state index in [1.165, 1.54) is 128 Å². The highest BCUT2D eigenvalue weighted by atomic mass is 79.9. The second-order valence-electron chi connectivity index (χ2n) is 19.8. The van der Waals surface area contributed by atoms with E-state index in [0.717, 1.165) is 32.1 Å². The zero-order valence-electron chi connectivity index (χ0n) is 44.2. The zero-order chi connectivity index (χ0) is 59.2. The number of esters is 2. The molecular formula is C48H80BrF17NO8P. The van der Waals surface area contributed by atoms with Crippen molar-refractivity contribution in [1.29, 1.82) is 0 Å². The lowest BCUT2D eigenvalue weighted by Crippen LogP contribution is -2.74. The van der Waals surface area contributed by atoms with Crippen LogP contribution in [0.15, 0.2) is 0 Å². The molecule has 0 N–H and O–H groups in total. The van der Waals surface area contributed by atoms with Gasteiger partial charge in [-0.3, -0.25) is 14.2 Å².